The Morgan fingerprint density at radius 3 is 2.88 bits per heavy atom. The Bertz CT molecular complexity index is 350. The molecule has 0 spiro atoms. The van der Waals surface area contributed by atoms with E-state index < -0.39 is 0 Å². The molecule has 0 unspecified atom stereocenters. The highest BCUT2D eigenvalue weighted by Gasteiger charge is 1.98. The summed E-state index contributed by atoms with van der Waals surface area (Å²) < 4.78 is 1.03. The van der Waals surface area contributed by atoms with Gasteiger partial charge in [-0.25, -0.2) is 0 Å². The molecular formula is C13H18BrNS. The van der Waals surface area contributed by atoms with E-state index in [4.69, 9.17) is 0 Å². The first kappa shape index (κ1) is 13.8. The number of nitrogens with one attached hydrogen (secondary N) is 1. The lowest BCUT2D eigenvalue weighted by Gasteiger charge is -2.09. The van der Waals surface area contributed by atoms with Gasteiger partial charge in [-0.1, -0.05) is 48.5 Å². The summed E-state index contributed by atoms with van der Waals surface area (Å²) in [6.45, 7) is 9.09. The number of benzene rings is 1. The normalized spacial score (nSPS) is 10.8. The maximum atomic E-state index is 3.84. The fourth-order valence-corrected chi connectivity index (χ4v) is 2.31. The molecule has 0 aliphatic carbocycles. The van der Waals surface area contributed by atoms with E-state index in [1.54, 1.807) is 11.8 Å². The molecule has 0 amide bonds. The van der Waals surface area contributed by atoms with Crippen LogP contribution in [0.2, 0.25) is 0 Å². The second kappa shape index (κ2) is 7.15. The van der Waals surface area contributed by atoms with Gasteiger partial charge in [0.2, 0.25) is 0 Å². The van der Waals surface area contributed by atoms with Crippen molar-refractivity contribution in [1.29, 1.82) is 0 Å². The van der Waals surface area contributed by atoms with E-state index in [9.17, 15) is 0 Å². The molecule has 88 valence electrons. The first-order valence-corrected chi connectivity index (χ1v) is 7.14. The van der Waals surface area contributed by atoms with Crippen molar-refractivity contribution in [2.75, 3.05) is 5.75 Å². The van der Waals surface area contributed by atoms with Gasteiger partial charge in [0.25, 0.3) is 0 Å². The highest BCUT2D eigenvalue weighted by molar-refractivity contribution is 9.11. The van der Waals surface area contributed by atoms with Gasteiger partial charge in [0.15, 0.2) is 0 Å². The molecule has 16 heavy (non-hydrogen) atoms. The lowest BCUT2D eigenvalue weighted by molar-refractivity contribution is 0.588. The van der Waals surface area contributed by atoms with Crippen molar-refractivity contribution in [3.8, 4) is 0 Å². The van der Waals surface area contributed by atoms with Crippen LogP contribution in [0.5, 0.6) is 0 Å². The van der Waals surface area contributed by atoms with Gasteiger partial charge in [-0.2, -0.15) is 0 Å². The summed E-state index contributed by atoms with van der Waals surface area (Å²) in [6, 6.07) is 9.16. The molecular weight excluding hydrogens is 282 g/mol. The highest BCUT2D eigenvalue weighted by Crippen LogP contribution is 2.22. The van der Waals surface area contributed by atoms with Crippen LogP contribution in [0, 0.1) is 0 Å². The van der Waals surface area contributed by atoms with Crippen molar-refractivity contribution < 1.29 is 0 Å². The molecule has 0 aliphatic rings. The van der Waals surface area contributed by atoms with Gasteiger partial charge < -0.3 is 5.32 Å². The van der Waals surface area contributed by atoms with Crippen LogP contribution in [0.1, 0.15) is 19.4 Å². The molecule has 0 saturated carbocycles. The maximum Gasteiger partial charge on any atom is 0.0292 e. The summed E-state index contributed by atoms with van der Waals surface area (Å²) in [6.07, 6.45) is 0. The van der Waals surface area contributed by atoms with Crippen LogP contribution >= 0.6 is 27.7 Å². The van der Waals surface area contributed by atoms with E-state index in [2.05, 4.69) is 65.9 Å². The van der Waals surface area contributed by atoms with Crippen molar-refractivity contribution in [1.82, 2.24) is 5.32 Å². The van der Waals surface area contributed by atoms with E-state index in [1.165, 1.54) is 10.5 Å². The quantitative estimate of drug-likeness (QED) is 0.791. The van der Waals surface area contributed by atoms with Gasteiger partial charge in [-0.3, -0.25) is 0 Å². The molecule has 1 N–H and O–H groups in total. The van der Waals surface area contributed by atoms with Gasteiger partial charge in [0.1, 0.15) is 0 Å². The molecule has 1 aromatic carbocycles. The fourth-order valence-electron chi connectivity index (χ4n) is 1.23. The summed E-state index contributed by atoms with van der Waals surface area (Å²) in [4.78, 5) is 1.30. The van der Waals surface area contributed by atoms with Crippen molar-refractivity contribution in [2.24, 2.45) is 0 Å². The van der Waals surface area contributed by atoms with E-state index in [0.29, 0.717) is 6.04 Å². The Morgan fingerprint density at radius 1 is 1.50 bits per heavy atom. The Morgan fingerprint density at radius 2 is 2.25 bits per heavy atom. The largest absolute Gasteiger partial charge is 0.310 e. The number of hydrogen-bond donors (Lipinski definition) is 1. The molecule has 1 rings (SSSR count). The lowest BCUT2D eigenvalue weighted by atomic mass is 10.2. The summed E-state index contributed by atoms with van der Waals surface area (Å²) in [5, 5.41) is 3.42. The van der Waals surface area contributed by atoms with Crippen LogP contribution in [-0.4, -0.2) is 11.8 Å². The Labute approximate surface area is 111 Å². The topological polar surface area (TPSA) is 12.0 Å². The van der Waals surface area contributed by atoms with Crippen LogP contribution in [-0.2, 0) is 6.54 Å². The van der Waals surface area contributed by atoms with Gasteiger partial charge in [-0.15, -0.1) is 11.8 Å². The average Bonchev–Trinajstić information content (AvgIpc) is 2.24. The Kier molecular flexibility index (Phi) is 6.17. The standard InChI is InChI=1S/C13H18BrNS/c1-10(2)15-8-12-5-4-6-13(7-12)16-9-11(3)14/h4-7,10,15H,3,8-9H2,1-2H3. The van der Waals surface area contributed by atoms with Crippen LogP contribution in [0.25, 0.3) is 0 Å². The fraction of sp³-hybridized carbons (Fsp3) is 0.385. The predicted octanol–water partition coefficient (Wildman–Crippen LogP) is 4.19. The molecule has 0 saturated heterocycles. The SMILES string of the molecule is C=C(Br)CSc1cccc(CNC(C)C)c1. The molecule has 0 bridgehead atoms. The zero-order chi connectivity index (χ0) is 12.0. The van der Waals surface area contributed by atoms with E-state index in [-0.39, 0.29) is 0 Å². The third-order valence-corrected chi connectivity index (χ3v) is 3.74. The van der Waals surface area contributed by atoms with Crippen molar-refractivity contribution in [2.45, 2.75) is 31.3 Å². The summed E-state index contributed by atoms with van der Waals surface area (Å²) in [5.41, 5.74) is 1.33. The number of thioether (sulfide) groups is 1. The molecule has 0 atom stereocenters. The molecule has 0 heterocycles. The smallest absolute Gasteiger partial charge is 0.0292 e. The Balaban J connectivity index is 2.53. The lowest BCUT2D eigenvalue weighted by Crippen LogP contribution is -2.21. The third kappa shape index (κ3) is 5.73. The highest BCUT2D eigenvalue weighted by atomic mass is 79.9. The zero-order valence-corrected chi connectivity index (χ0v) is 12.2. The summed E-state index contributed by atoms with van der Waals surface area (Å²) in [5.74, 6) is 0.918. The summed E-state index contributed by atoms with van der Waals surface area (Å²) in [7, 11) is 0. The number of hydrogen-bond acceptors (Lipinski definition) is 2. The van der Waals surface area contributed by atoms with Crippen LogP contribution in [0.3, 0.4) is 0 Å². The second-order valence-corrected chi connectivity index (χ2v) is 6.16. The third-order valence-electron chi connectivity index (χ3n) is 2.01. The van der Waals surface area contributed by atoms with E-state index in [0.717, 1.165) is 16.8 Å². The first-order valence-electron chi connectivity index (χ1n) is 5.36. The van der Waals surface area contributed by atoms with Crippen molar-refractivity contribution in [3.05, 3.63) is 40.9 Å². The van der Waals surface area contributed by atoms with Gasteiger partial charge in [-0.05, 0) is 22.2 Å². The minimum absolute atomic E-state index is 0.527. The second-order valence-electron chi connectivity index (χ2n) is 3.99. The van der Waals surface area contributed by atoms with E-state index >= 15 is 0 Å². The minimum atomic E-state index is 0.527. The van der Waals surface area contributed by atoms with Gasteiger partial charge in [0.05, 0.1) is 0 Å². The van der Waals surface area contributed by atoms with Crippen LogP contribution in [0.15, 0.2) is 40.2 Å². The molecule has 1 aromatic rings. The molecule has 0 aliphatic heterocycles. The molecule has 0 radical (unpaired) electrons. The minimum Gasteiger partial charge on any atom is -0.310 e. The maximum absolute atomic E-state index is 3.84. The molecule has 3 heteroatoms. The summed E-state index contributed by atoms with van der Waals surface area (Å²) >= 11 is 5.18. The molecule has 1 nitrogen and oxygen atoms in total. The van der Waals surface area contributed by atoms with Crippen molar-refractivity contribution >= 4 is 27.7 Å². The van der Waals surface area contributed by atoms with Gasteiger partial charge in [0, 0.05) is 23.2 Å². The average molecular weight is 300 g/mol. The van der Waals surface area contributed by atoms with Gasteiger partial charge >= 0.3 is 0 Å². The Hall–Kier alpha value is -0.250. The predicted molar refractivity (Wildman–Crippen MR) is 77.2 cm³/mol. The zero-order valence-electron chi connectivity index (χ0n) is 9.79. The molecule has 0 fully saturated rings. The number of halogens is 1. The first-order chi connectivity index (χ1) is 7.58. The van der Waals surface area contributed by atoms with E-state index in [1.807, 2.05) is 0 Å². The monoisotopic (exact) mass is 299 g/mol. The van der Waals surface area contributed by atoms with Crippen LogP contribution < -0.4 is 5.32 Å². The van der Waals surface area contributed by atoms with Crippen molar-refractivity contribution in [3.63, 3.8) is 0 Å². The van der Waals surface area contributed by atoms with Crippen LogP contribution in [0.4, 0.5) is 0 Å². The molecule has 0 aromatic heterocycles. The number of rotatable bonds is 6.